The monoisotopic (exact) mass is 391 g/mol. The molecular formula is C24H30NPSi. The summed E-state index contributed by atoms with van der Waals surface area (Å²) in [7, 11) is -2.39. The van der Waals surface area contributed by atoms with Crippen molar-refractivity contribution in [1.82, 2.24) is 0 Å². The number of benzene rings is 3. The third kappa shape index (κ3) is 3.88. The fraction of sp³-hybridized carbons (Fsp3) is 0.250. The summed E-state index contributed by atoms with van der Waals surface area (Å²) in [5.74, 6) is 0. The van der Waals surface area contributed by atoms with E-state index in [9.17, 15) is 0 Å². The topological polar surface area (TPSA) is 26.0 Å². The quantitative estimate of drug-likeness (QED) is 0.388. The van der Waals surface area contributed by atoms with Crippen molar-refractivity contribution < 1.29 is 0 Å². The molecule has 0 radical (unpaired) electrons. The molecule has 3 rings (SSSR count). The Morgan fingerprint density at radius 2 is 1.19 bits per heavy atom. The van der Waals surface area contributed by atoms with Crippen molar-refractivity contribution in [3.63, 3.8) is 0 Å². The number of anilines is 1. The van der Waals surface area contributed by atoms with E-state index in [1.165, 1.54) is 21.1 Å². The Hall–Kier alpha value is -1.89. The molecule has 3 aromatic rings. The first-order valence-corrected chi connectivity index (χ1v) is 13.9. The van der Waals surface area contributed by atoms with Crippen LogP contribution in [0, 0.1) is 0 Å². The van der Waals surface area contributed by atoms with Crippen molar-refractivity contribution >= 4 is 42.8 Å². The van der Waals surface area contributed by atoms with Crippen molar-refractivity contribution in [2.75, 3.05) is 5.73 Å². The largest absolute Gasteiger partial charge is 0.398 e. The van der Waals surface area contributed by atoms with Gasteiger partial charge in [0.25, 0.3) is 0 Å². The van der Waals surface area contributed by atoms with Gasteiger partial charge in [0.1, 0.15) is 0 Å². The Balaban J connectivity index is 2.22. The van der Waals surface area contributed by atoms with Crippen LogP contribution in [0.4, 0.5) is 5.69 Å². The van der Waals surface area contributed by atoms with Gasteiger partial charge in [-0.2, -0.15) is 0 Å². The highest BCUT2D eigenvalue weighted by Gasteiger charge is 2.39. The lowest BCUT2D eigenvalue weighted by Gasteiger charge is -2.39. The highest BCUT2D eigenvalue weighted by molar-refractivity contribution is 7.80. The van der Waals surface area contributed by atoms with Crippen molar-refractivity contribution in [3.05, 3.63) is 78.9 Å². The van der Waals surface area contributed by atoms with Crippen LogP contribution in [-0.4, -0.2) is 8.07 Å². The molecule has 0 amide bonds. The fourth-order valence-corrected chi connectivity index (χ4v) is 7.90. The van der Waals surface area contributed by atoms with Crippen molar-refractivity contribution in [2.45, 2.75) is 38.9 Å². The summed E-state index contributed by atoms with van der Waals surface area (Å²) in [6.07, 6.45) is 0. The Labute approximate surface area is 166 Å². The SMILES string of the molecule is CC(C)(C)[Si](C)(C)c1cccc(P(c2ccccc2)c2ccccc2)c1N. The van der Waals surface area contributed by atoms with Gasteiger partial charge in [-0.3, -0.25) is 0 Å². The van der Waals surface area contributed by atoms with Crippen LogP contribution in [0.2, 0.25) is 18.1 Å². The van der Waals surface area contributed by atoms with Crippen LogP contribution in [0.5, 0.6) is 0 Å². The number of hydrogen-bond acceptors (Lipinski definition) is 1. The predicted octanol–water partition coefficient (Wildman–Crippen LogP) is 4.74. The number of hydrogen-bond donors (Lipinski definition) is 1. The summed E-state index contributed by atoms with van der Waals surface area (Å²) in [6.45, 7) is 11.9. The second kappa shape index (κ2) is 7.62. The van der Waals surface area contributed by atoms with E-state index < -0.39 is 16.0 Å². The summed E-state index contributed by atoms with van der Waals surface area (Å²) in [5.41, 5.74) is 7.90. The normalized spacial score (nSPS) is 12.4. The minimum atomic E-state index is -1.72. The third-order valence-corrected chi connectivity index (χ3v) is 13.9. The van der Waals surface area contributed by atoms with Crippen molar-refractivity contribution in [1.29, 1.82) is 0 Å². The first kappa shape index (κ1) is 19.9. The molecule has 27 heavy (non-hydrogen) atoms. The van der Waals surface area contributed by atoms with Crippen molar-refractivity contribution in [2.24, 2.45) is 0 Å². The molecule has 3 aromatic carbocycles. The average Bonchev–Trinajstić information content (AvgIpc) is 2.64. The van der Waals surface area contributed by atoms with E-state index in [1.54, 1.807) is 0 Å². The second-order valence-corrected chi connectivity index (χ2v) is 16.1. The minimum absolute atomic E-state index is 0.252. The molecule has 0 fully saturated rings. The smallest absolute Gasteiger partial charge is 0.0886 e. The standard InChI is InChI=1S/C24H30NPSi/c1-24(2,3)27(4,5)22-18-12-17-21(23(22)25)26(19-13-8-6-9-14-19)20-15-10-7-11-16-20/h6-18H,25H2,1-5H3. The first-order valence-electron chi connectivity index (χ1n) is 9.52. The molecule has 0 saturated heterocycles. The van der Waals surface area contributed by atoms with Gasteiger partial charge in [-0.25, -0.2) is 0 Å². The zero-order valence-corrected chi connectivity index (χ0v) is 18.9. The van der Waals surface area contributed by atoms with Crippen LogP contribution in [0.15, 0.2) is 78.9 Å². The van der Waals surface area contributed by atoms with Gasteiger partial charge in [-0.1, -0.05) is 113 Å². The van der Waals surface area contributed by atoms with Gasteiger partial charge in [0, 0.05) is 11.0 Å². The van der Waals surface area contributed by atoms with Crippen LogP contribution < -0.4 is 26.8 Å². The summed E-state index contributed by atoms with van der Waals surface area (Å²) in [6, 6.07) is 28.3. The zero-order valence-electron chi connectivity index (χ0n) is 17.0. The van der Waals surface area contributed by atoms with Gasteiger partial charge < -0.3 is 5.73 Å². The van der Waals surface area contributed by atoms with E-state index in [2.05, 4.69) is 113 Å². The molecule has 0 aliphatic rings. The van der Waals surface area contributed by atoms with Gasteiger partial charge in [-0.15, -0.1) is 0 Å². The van der Waals surface area contributed by atoms with E-state index in [1.807, 2.05) is 0 Å². The van der Waals surface area contributed by atoms with Gasteiger partial charge >= 0.3 is 0 Å². The lowest BCUT2D eigenvalue weighted by Crippen LogP contribution is -2.51. The molecule has 0 unspecified atom stereocenters. The van der Waals surface area contributed by atoms with E-state index in [4.69, 9.17) is 5.73 Å². The number of nitrogen functional groups attached to an aromatic ring is 1. The molecule has 0 saturated carbocycles. The lowest BCUT2D eigenvalue weighted by molar-refractivity contribution is 0.730. The summed E-state index contributed by atoms with van der Waals surface area (Å²) in [5, 5.41) is 5.61. The predicted molar refractivity (Wildman–Crippen MR) is 126 cm³/mol. The lowest BCUT2D eigenvalue weighted by atomic mass is 10.2. The Morgan fingerprint density at radius 1 is 0.704 bits per heavy atom. The third-order valence-electron chi connectivity index (χ3n) is 5.90. The maximum Gasteiger partial charge on any atom is 0.0886 e. The van der Waals surface area contributed by atoms with Crippen LogP contribution in [0.25, 0.3) is 0 Å². The van der Waals surface area contributed by atoms with E-state index in [0.29, 0.717) is 0 Å². The van der Waals surface area contributed by atoms with Crippen molar-refractivity contribution in [3.8, 4) is 0 Å². The summed E-state index contributed by atoms with van der Waals surface area (Å²) < 4.78 is 0. The Kier molecular flexibility index (Phi) is 5.60. The van der Waals surface area contributed by atoms with Crippen LogP contribution >= 0.6 is 7.92 Å². The van der Waals surface area contributed by atoms with E-state index in [0.717, 1.165) is 5.69 Å². The minimum Gasteiger partial charge on any atom is -0.398 e. The number of para-hydroxylation sites is 1. The van der Waals surface area contributed by atoms with Gasteiger partial charge in [0.15, 0.2) is 0 Å². The Bertz CT molecular complexity index is 859. The Morgan fingerprint density at radius 3 is 1.63 bits per heavy atom. The molecule has 2 N–H and O–H groups in total. The first-order chi connectivity index (χ1) is 12.7. The molecule has 3 heteroatoms. The highest BCUT2D eigenvalue weighted by atomic mass is 31.1. The number of rotatable bonds is 4. The second-order valence-electron chi connectivity index (χ2n) is 8.62. The molecule has 0 aromatic heterocycles. The molecule has 140 valence electrons. The average molecular weight is 392 g/mol. The molecule has 0 spiro atoms. The summed E-state index contributed by atoms with van der Waals surface area (Å²) in [4.78, 5) is 0. The van der Waals surface area contributed by atoms with Crippen LogP contribution in [-0.2, 0) is 0 Å². The molecule has 0 heterocycles. The van der Waals surface area contributed by atoms with Gasteiger partial charge in [0.05, 0.1) is 8.07 Å². The molecule has 0 atom stereocenters. The van der Waals surface area contributed by atoms with Crippen LogP contribution in [0.1, 0.15) is 20.8 Å². The highest BCUT2D eigenvalue weighted by Crippen LogP contribution is 2.39. The maximum absolute atomic E-state index is 6.89. The van der Waals surface area contributed by atoms with Crippen LogP contribution in [0.3, 0.4) is 0 Å². The zero-order chi connectivity index (χ0) is 19.7. The maximum atomic E-state index is 6.89. The number of nitrogens with two attached hydrogens (primary N) is 1. The summed E-state index contributed by atoms with van der Waals surface area (Å²) >= 11 is 0. The van der Waals surface area contributed by atoms with E-state index >= 15 is 0 Å². The fourth-order valence-electron chi connectivity index (χ4n) is 3.28. The van der Waals surface area contributed by atoms with E-state index in [-0.39, 0.29) is 5.04 Å². The molecule has 0 bridgehead atoms. The van der Waals surface area contributed by atoms with Gasteiger partial charge in [0.2, 0.25) is 0 Å². The molecular weight excluding hydrogens is 361 g/mol. The molecule has 0 aliphatic heterocycles. The molecule has 1 nitrogen and oxygen atoms in total. The van der Waals surface area contributed by atoms with Gasteiger partial charge in [-0.05, 0) is 28.8 Å². The molecule has 0 aliphatic carbocycles.